The molecule has 1 aliphatic heterocycles. The molecular weight excluding hydrogens is 265 g/mol. The van der Waals surface area contributed by atoms with Gasteiger partial charge in [-0.1, -0.05) is 41.4 Å². The van der Waals surface area contributed by atoms with Crippen molar-refractivity contribution < 1.29 is 0 Å². The Morgan fingerprint density at radius 1 is 0.944 bits per heavy atom. The molecule has 1 atom stereocenters. The molecule has 2 aromatic rings. The van der Waals surface area contributed by atoms with Crippen molar-refractivity contribution in [2.75, 3.05) is 11.9 Å². The highest BCUT2D eigenvalue weighted by atomic mass is 35.5. The van der Waals surface area contributed by atoms with Gasteiger partial charge >= 0.3 is 0 Å². The fourth-order valence-electron chi connectivity index (χ4n) is 2.43. The van der Waals surface area contributed by atoms with Gasteiger partial charge in [-0.3, -0.25) is 0 Å². The van der Waals surface area contributed by atoms with Gasteiger partial charge in [0.15, 0.2) is 0 Å². The maximum atomic E-state index is 5.99. The summed E-state index contributed by atoms with van der Waals surface area (Å²) in [5, 5.41) is 5.02. The van der Waals surface area contributed by atoms with Crippen LogP contribution in [-0.4, -0.2) is 6.54 Å². The van der Waals surface area contributed by atoms with E-state index in [1.807, 2.05) is 24.3 Å². The Hall–Kier alpha value is -1.18. The van der Waals surface area contributed by atoms with Crippen LogP contribution in [0.25, 0.3) is 0 Å². The third-order valence-corrected chi connectivity index (χ3v) is 3.91. The van der Waals surface area contributed by atoms with E-state index in [9.17, 15) is 0 Å². The van der Waals surface area contributed by atoms with Crippen LogP contribution in [0.2, 0.25) is 10.0 Å². The van der Waals surface area contributed by atoms with Crippen molar-refractivity contribution >= 4 is 28.9 Å². The van der Waals surface area contributed by atoms with Gasteiger partial charge in [0.1, 0.15) is 0 Å². The topological polar surface area (TPSA) is 12.0 Å². The molecule has 2 aromatic carbocycles. The Morgan fingerprint density at radius 3 is 2.44 bits per heavy atom. The molecular formula is C15H13Cl2N. The molecule has 0 bridgehead atoms. The zero-order chi connectivity index (χ0) is 12.5. The molecule has 3 rings (SSSR count). The molecule has 1 aliphatic rings. The fourth-order valence-corrected chi connectivity index (χ4v) is 2.73. The van der Waals surface area contributed by atoms with E-state index in [4.69, 9.17) is 23.2 Å². The first-order chi connectivity index (χ1) is 8.72. The molecule has 0 fully saturated rings. The standard InChI is InChI=1S/C15H13Cl2N/c16-13-4-1-10(2-5-13)12-7-11-3-6-14(17)8-15(11)18-9-12/h1-6,8,12,18H,7,9H2. The minimum atomic E-state index is 0.496. The zero-order valence-electron chi connectivity index (χ0n) is 9.79. The molecule has 0 saturated heterocycles. The first-order valence-electron chi connectivity index (χ1n) is 6.00. The Balaban J connectivity index is 1.86. The van der Waals surface area contributed by atoms with Crippen molar-refractivity contribution in [3.8, 4) is 0 Å². The SMILES string of the molecule is Clc1ccc(C2CNc3cc(Cl)ccc3C2)cc1. The molecule has 3 heteroatoms. The Bertz CT molecular complexity index is 563. The monoisotopic (exact) mass is 277 g/mol. The quantitative estimate of drug-likeness (QED) is 0.794. The van der Waals surface area contributed by atoms with Gasteiger partial charge in [0.25, 0.3) is 0 Å². The van der Waals surface area contributed by atoms with Crippen LogP contribution < -0.4 is 5.32 Å². The number of benzene rings is 2. The number of anilines is 1. The van der Waals surface area contributed by atoms with E-state index >= 15 is 0 Å². The van der Waals surface area contributed by atoms with Gasteiger partial charge in [-0.05, 0) is 41.8 Å². The first-order valence-corrected chi connectivity index (χ1v) is 6.76. The average Bonchev–Trinajstić information content (AvgIpc) is 2.39. The van der Waals surface area contributed by atoms with Crippen molar-refractivity contribution in [2.45, 2.75) is 12.3 Å². The fraction of sp³-hybridized carbons (Fsp3) is 0.200. The van der Waals surface area contributed by atoms with E-state index in [0.717, 1.165) is 28.7 Å². The summed E-state index contributed by atoms with van der Waals surface area (Å²) in [4.78, 5) is 0. The summed E-state index contributed by atoms with van der Waals surface area (Å²) in [6.07, 6.45) is 1.04. The van der Waals surface area contributed by atoms with Crippen molar-refractivity contribution in [3.63, 3.8) is 0 Å². The van der Waals surface area contributed by atoms with Crippen LogP contribution in [0, 0.1) is 0 Å². The first kappa shape index (κ1) is 11.9. The van der Waals surface area contributed by atoms with Gasteiger partial charge in [-0.25, -0.2) is 0 Å². The van der Waals surface area contributed by atoms with E-state index < -0.39 is 0 Å². The molecule has 18 heavy (non-hydrogen) atoms. The van der Waals surface area contributed by atoms with Gasteiger partial charge in [0.2, 0.25) is 0 Å². The van der Waals surface area contributed by atoms with Crippen LogP contribution in [0.5, 0.6) is 0 Å². The van der Waals surface area contributed by atoms with Crippen molar-refractivity contribution in [2.24, 2.45) is 0 Å². The smallest absolute Gasteiger partial charge is 0.0426 e. The van der Waals surface area contributed by atoms with Gasteiger partial charge in [-0.2, -0.15) is 0 Å². The van der Waals surface area contributed by atoms with Crippen molar-refractivity contribution in [1.29, 1.82) is 0 Å². The van der Waals surface area contributed by atoms with E-state index in [1.165, 1.54) is 11.1 Å². The number of hydrogen-bond donors (Lipinski definition) is 1. The van der Waals surface area contributed by atoms with Crippen molar-refractivity contribution in [3.05, 3.63) is 63.6 Å². The van der Waals surface area contributed by atoms with E-state index in [1.54, 1.807) is 0 Å². The lowest BCUT2D eigenvalue weighted by atomic mass is 9.88. The minimum absolute atomic E-state index is 0.496. The predicted molar refractivity (Wildman–Crippen MR) is 77.8 cm³/mol. The molecule has 0 spiro atoms. The van der Waals surface area contributed by atoms with Gasteiger partial charge in [-0.15, -0.1) is 0 Å². The number of nitrogens with one attached hydrogen (secondary N) is 1. The molecule has 1 N–H and O–H groups in total. The van der Waals surface area contributed by atoms with Gasteiger partial charge in [0, 0.05) is 28.2 Å². The lowest BCUT2D eigenvalue weighted by molar-refractivity contribution is 0.695. The molecule has 92 valence electrons. The summed E-state index contributed by atoms with van der Waals surface area (Å²) >= 11 is 11.9. The van der Waals surface area contributed by atoms with Crippen LogP contribution in [0.4, 0.5) is 5.69 Å². The predicted octanol–water partition coefficient (Wildman–Crippen LogP) is 4.75. The molecule has 0 aliphatic carbocycles. The third-order valence-electron chi connectivity index (χ3n) is 3.42. The summed E-state index contributed by atoms with van der Waals surface area (Å²) < 4.78 is 0. The average molecular weight is 278 g/mol. The summed E-state index contributed by atoms with van der Waals surface area (Å²) in [5.41, 5.74) is 3.81. The summed E-state index contributed by atoms with van der Waals surface area (Å²) in [6.45, 7) is 0.939. The normalized spacial score (nSPS) is 18.0. The van der Waals surface area contributed by atoms with Crippen LogP contribution in [0.1, 0.15) is 17.0 Å². The highest BCUT2D eigenvalue weighted by Gasteiger charge is 2.19. The number of hydrogen-bond acceptors (Lipinski definition) is 1. The minimum Gasteiger partial charge on any atom is -0.384 e. The maximum Gasteiger partial charge on any atom is 0.0426 e. The summed E-state index contributed by atoms with van der Waals surface area (Å²) in [7, 11) is 0. The second kappa shape index (κ2) is 4.83. The van der Waals surface area contributed by atoms with E-state index in [2.05, 4.69) is 23.5 Å². The van der Waals surface area contributed by atoms with Gasteiger partial charge < -0.3 is 5.32 Å². The zero-order valence-corrected chi connectivity index (χ0v) is 11.3. The molecule has 1 nitrogen and oxygen atoms in total. The molecule has 0 amide bonds. The Labute approximate surface area is 117 Å². The molecule has 1 heterocycles. The van der Waals surface area contributed by atoms with Crippen molar-refractivity contribution in [1.82, 2.24) is 0 Å². The lowest BCUT2D eigenvalue weighted by Crippen LogP contribution is -2.21. The van der Waals surface area contributed by atoms with Crippen LogP contribution in [0.15, 0.2) is 42.5 Å². The molecule has 0 saturated carbocycles. The summed E-state index contributed by atoms with van der Waals surface area (Å²) in [6, 6.07) is 14.2. The third kappa shape index (κ3) is 2.33. The maximum absolute atomic E-state index is 5.99. The Kier molecular flexibility index (Phi) is 3.19. The molecule has 0 radical (unpaired) electrons. The highest BCUT2D eigenvalue weighted by molar-refractivity contribution is 6.31. The molecule has 1 unspecified atom stereocenters. The number of rotatable bonds is 1. The number of halogens is 2. The highest BCUT2D eigenvalue weighted by Crippen LogP contribution is 2.32. The van der Waals surface area contributed by atoms with Gasteiger partial charge in [0.05, 0.1) is 0 Å². The van der Waals surface area contributed by atoms with E-state index in [0.29, 0.717) is 5.92 Å². The second-order valence-corrected chi connectivity index (χ2v) is 5.51. The van der Waals surface area contributed by atoms with E-state index in [-0.39, 0.29) is 0 Å². The second-order valence-electron chi connectivity index (χ2n) is 4.63. The Morgan fingerprint density at radius 2 is 1.67 bits per heavy atom. The largest absolute Gasteiger partial charge is 0.384 e. The number of fused-ring (bicyclic) bond motifs is 1. The molecule has 0 aromatic heterocycles. The van der Waals surface area contributed by atoms with Crippen LogP contribution in [-0.2, 0) is 6.42 Å². The lowest BCUT2D eigenvalue weighted by Gasteiger charge is -2.26. The van der Waals surface area contributed by atoms with Crippen LogP contribution >= 0.6 is 23.2 Å². The van der Waals surface area contributed by atoms with Crippen LogP contribution in [0.3, 0.4) is 0 Å². The summed E-state index contributed by atoms with van der Waals surface area (Å²) in [5.74, 6) is 0.496.